The summed E-state index contributed by atoms with van der Waals surface area (Å²) in [4.78, 5) is 12.2. The molecule has 0 aromatic heterocycles. The normalized spacial score (nSPS) is 12.0. The standard InChI is InChI=1S/C19H16O2/c1-14(15-7-3-2-4-8-15)21-19(20)18-12-11-16-9-5-6-10-17(16)13-18/h2-14H,1H3/t14-/m0/s1/i20+2. The van der Waals surface area contributed by atoms with Crippen molar-refractivity contribution in [3.8, 4) is 0 Å². The van der Waals surface area contributed by atoms with Crippen molar-refractivity contribution in [2.75, 3.05) is 0 Å². The lowest BCUT2D eigenvalue weighted by Gasteiger charge is -2.13. The fourth-order valence-corrected chi connectivity index (χ4v) is 2.34. The van der Waals surface area contributed by atoms with Crippen molar-refractivity contribution in [2.45, 2.75) is 13.0 Å². The minimum atomic E-state index is -0.294. The zero-order valence-electron chi connectivity index (χ0n) is 11.8. The molecule has 0 aliphatic carbocycles. The van der Waals surface area contributed by atoms with Crippen LogP contribution in [-0.4, -0.2) is 5.97 Å². The van der Waals surface area contributed by atoms with Crippen molar-refractivity contribution >= 4 is 16.7 Å². The van der Waals surface area contributed by atoms with Crippen molar-refractivity contribution in [3.63, 3.8) is 0 Å². The molecule has 104 valence electrons. The van der Waals surface area contributed by atoms with E-state index in [2.05, 4.69) is 0 Å². The molecule has 0 saturated heterocycles. The Bertz CT molecular complexity index is 763. The van der Waals surface area contributed by atoms with E-state index in [1.807, 2.05) is 79.7 Å². The lowest BCUT2D eigenvalue weighted by atomic mass is 10.1. The van der Waals surface area contributed by atoms with Gasteiger partial charge in [0.05, 0.1) is 5.56 Å². The van der Waals surface area contributed by atoms with Crippen LogP contribution in [0.4, 0.5) is 0 Å². The third kappa shape index (κ3) is 2.95. The van der Waals surface area contributed by atoms with Gasteiger partial charge in [0.25, 0.3) is 0 Å². The van der Waals surface area contributed by atoms with Crippen LogP contribution in [0.1, 0.15) is 28.9 Å². The third-order valence-electron chi connectivity index (χ3n) is 3.54. The molecule has 3 aromatic rings. The van der Waals surface area contributed by atoms with Crippen LogP contribution < -0.4 is 0 Å². The van der Waals surface area contributed by atoms with E-state index in [-0.39, 0.29) is 12.1 Å². The van der Waals surface area contributed by atoms with Gasteiger partial charge in [-0.1, -0.05) is 60.7 Å². The summed E-state index contributed by atoms with van der Waals surface area (Å²) < 4.78 is 5.53. The first-order valence-electron chi connectivity index (χ1n) is 6.99. The lowest BCUT2D eigenvalue weighted by molar-refractivity contribution is 0.0338. The number of fused-ring (bicyclic) bond motifs is 1. The maximum absolute atomic E-state index is 12.2. The molecule has 1 atom stereocenters. The van der Waals surface area contributed by atoms with Gasteiger partial charge in [0.15, 0.2) is 0 Å². The van der Waals surface area contributed by atoms with Crippen LogP contribution in [0.3, 0.4) is 0 Å². The first kappa shape index (κ1) is 13.4. The van der Waals surface area contributed by atoms with Gasteiger partial charge in [-0.3, -0.25) is 0 Å². The summed E-state index contributed by atoms with van der Waals surface area (Å²) >= 11 is 0. The Morgan fingerprint density at radius 2 is 1.52 bits per heavy atom. The van der Waals surface area contributed by atoms with E-state index in [0.717, 1.165) is 16.3 Å². The molecule has 0 spiro atoms. The second-order valence-corrected chi connectivity index (χ2v) is 5.02. The van der Waals surface area contributed by atoms with Crippen molar-refractivity contribution < 1.29 is 9.53 Å². The number of benzene rings is 3. The minimum Gasteiger partial charge on any atom is -0.454 e. The second-order valence-electron chi connectivity index (χ2n) is 5.02. The van der Waals surface area contributed by atoms with Gasteiger partial charge in [-0.05, 0) is 35.4 Å². The van der Waals surface area contributed by atoms with Crippen molar-refractivity contribution in [2.24, 2.45) is 0 Å². The summed E-state index contributed by atoms with van der Waals surface area (Å²) in [6.07, 6.45) is -0.259. The summed E-state index contributed by atoms with van der Waals surface area (Å²) in [5.41, 5.74) is 1.57. The Hall–Kier alpha value is -2.61. The predicted octanol–water partition coefficient (Wildman–Crippen LogP) is 4.76. The quantitative estimate of drug-likeness (QED) is 0.510. The van der Waals surface area contributed by atoms with Crippen LogP contribution in [0.2, 0.25) is 0 Å². The fourth-order valence-electron chi connectivity index (χ4n) is 2.34. The summed E-state index contributed by atoms with van der Waals surface area (Å²) in [6, 6.07) is 23.3. The van der Waals surface area contributed by atoms with Crippen molar-refractivity contribution in [1.82, 2.24) is 0 Å². The summed E-state index contributed by atoms with van der Waals surface area (Å²) in [5, 5.41) is 2.16. The summed E-state index contributed by atoms with van der Waals surface area (Å²) in [7, 11) is 0. The molecular formula is C19H16O2. The average Bonchev–Trinajstić information content (AvgIpc) is 2.55. The van der Waals surface area contributed by atoms with Gasteiger partial charge in [0.1, 0.15) is 6.10 Å². The molecule has 0 radical (unpaired) electrons. The van der Waals surface area contributed by atoms with Crippen molar-refractivity contribution in [1.29, 1.82) is 0 Å². The van der Waals surface area contributed by atoms with Crippen LogP contribution in [0, 0.1) is 0 Å². The van der Waals surface area contributed by atoms with E-state index in [4.69, 9.17) is 4.74 Å². The van der Waals surface area contributed by atoms with Crippen LogP contribution in [0.5, 0.6) is 0 Å². The van der Waals surface area contributed by atoms with Crippen LogP contribution in [-0.2, 0) is 4.74 Å². The Labute approximate surface area is 124 Å². The molecule has 0 unspecified atom stereocenters. The molecule has 3 aromatic carbocycles. The number of carbonyl (C=O) groups excluding carboxylic acids is 1. The van der Waals surface area contributed by atoms with Gasteiger partial charge >= 0.3 is 5.97 Å². The van der Waals surface area contributed by atoms with Gasteiger partial charge in [0.2, 0.25) is 0 Å². The first-order chi connectivity index (χ1) is 10.2. The molecule has 0 amide bonds. The monoisotopic (exact) mass is 278 g/mol. The van der Waals surface area contributed by atoms with Gasteiger partial charge in [-0.25, -0.2) is 4.79 Å². The highest BCUT2D eigenvalue weighted by Gasteiger charge is 2.13. The Balaban J connectivity index is 1.80. The molecule has 0 aliphatic heterocycles. The topological polar surface area (TPSA) is 26.3 Å². The fraction of sp³-hybridized carbons (Fsp3) is 0.105. The Morgan fingerprint density at radius 1 is 0.857 bits per heavy atom. The number of carbonyl (C=O) groups is 1. The molecule has 0 heterocycles. The molecule has 2 heteroatoms. The zero-order valence-corrected chi connectivity index (χ0v) is 11.8. The van der Waals surface area contributed by atoms with E-state index in [0.29, 0.717) is 5.56 Å². The van der Waals surface area contributed by atoms with E-state index < -0.39 is 0 Å². The predicted molar refractivity (Wildman–Crippen MR) is 84.2 cm³/mol. The van der Waals surface area contributed by atoms with Gasteiger partial charge < -0.3 is 4.74 Å². The maximum atomic E-state index is 12.2. The maximum Gasteiger partial charge on any atom is 0.338 e. The largest absolute Gasteiger partial charge is 0.454 e. The van der Waals surface area contributed by atoms with Crippen LogP contribution >= 0.6 is 0 Å². The number of rotatable bonds is 3. The molecule has 0 bridgehead atoms. The summed E-state index contributed by atoms with van der Waals surface area (Å²) in [5.74, 6) is -0.294. The van der Waals surface area contributed by atoms with Crippen LogP contribution in [0.15, 0.2) is 72.8 Å². The smallest absolute Gasteiger partial charge is 0.338 e. The van der Waals surface area contributed by atoms with E-state index >= 15 is 0 Å². The zero-order chi connectivity index (χ0) is 14.7. The minimum absolute atomic E-state index is 0.259. The molecule has 0 aliphatic rings. The molecule has 21 heavy (non-hydrogen) atoms. The van der Waals surface area contributed by atoms with Gasteiger partial charge in [-0.15, -0.1) is 0 Å². The SMILES string of the molecule is C[C@H](OC(=[18O])c1ccc2ccccc2c1)c1ccccc1. The molecule has 0 N–H and O–H groups in total. The number of hydrogen-bond acceptors (Lipinski definition) is 2. The van der Waals surface area contributed by atoms with E-state index in [1.54, 1.807) is 0 Å². The number of ether oxygens (including phenoxy) is 1. The first-order valence-corrected chi connectivity index (χ1v) is 6.99. The summed E-state index contributed by atoms with van der Waals surface area (Å²) in [6.45, 7) is 1.88. The molecular weight excluding hydrogens is 262 g/mol. The number of esters is 1. The van der Waals surface area contributed by atoms with Crippen LogP contribution in [0.25, 0.3) is 10.8 Å². The number of hydrogen-bond donors (Lipinski definition) is 0. The highest BCUT2D eigenvalue weighted by atomic mass is 18.1. The molecule has 0 fully saturated rings. The highest BCUT2D eigenvalue weighted by molar-refractivity contribution is 5.95. The Kier molecular flexibility index (Phi) is 3.69. The van der Waals surface area contributed by atoms with E-state index in [9.17, 15) is 4.79 Å². The highest BCUT2D eigenvalue weighted by Crippen LogP contribution is 2.20. The Morgan fingerprint density at radius 3 is 2.29 bits per heavy atom. The van der Waals surface area contributed by atoms with Gasteiger partial charge in [-0.2, -0.15) is 0 Å². The average molecular weight is 278 g/mol. The molecule has 0 saturated carbocycles. The van der Waals surface area contributed by atoms with Gasteiger partial charge in [0, 0.05) is 0 Å². The third-order valence-corrected chi connectivity index (χ3v) is 3.54. The lowest BCUT2D eigenvalue weighted by Crippen LogP contribution is -2.09. The van der Waals surface area contributed by atoms with E-state index in [1.165, 1.54) is 0 Å². The second kappa shape index (κ2) is 5.80. The van der Waals surface area contributed by atoms with Crippen molar-refractivity contribution in [3.05, 3.63) is 83.9 Å². The molecule has 2 nitrogen and oxygen atoms in total. The molecule has 3 rings (SSSR count).